The van der Waals surface area contributed by atoms with Crippen molar-refractivity contribution in [3.63, 3.8) is 0 Å². The summed E-state index contributed by atoms with van der Waals surface area (Å²) in [7, 11) is 1.84. The first-order valence-electron chi connectivity index (χ1n) is 5.16. The van der Waals surface area contributed by atoms with Gasteiger partial charge in [-0.2, -0.15) is 4.98 Å². The topological polar surface area (TPSA) is 47.3 Å². The summed E-state index contributed by atoms with van der Waals surface area (Å²) in [5, 5.41) is 9.30. The summed E-state index contributed by atoms with van der Waals surface area (Å²) in [5.74, 6) is 1.56. The van der Waals surface area contributed by atoms with Crippen LogP contribution in [0.5, 0.6) is 11.6 Å². The Bertz CT molecular complexity index is 492. The first-order valence-corrected chi connectivity index (χ1v) is 5.16. The number of nitrogens with zero attached hydrogens (tertiary/aromatic N) is 2. The van der Waals surface area contributed by atoms with Gasteiger partial charge in [-0.25, -0.2) is 0 Å². The normalized spacial score (nSPS) is 10.4. The van der Waals surface area contributed by atoms with Gasteiger partial charge in [0.05, 0.1) is 12.8 Å². The van der Waals surface area contributed by atoms with Gasteiger partial charge in [-0.3, -0.25) is 0 Å². The van der Waals surface area contributed by atoms with Crippen molar-refractivity contribution in [1.82, 2.24) is 9.55 Å². The maximum Gasteiger partial charge on any atom is 0.229 e. The van der Waals surface area contributed by atoms with E-state index in [1.54, 1.807) is 10.8 Å². The van der Waals surface area contributed by atoms with Crippen molar-refractivity contribution in [1.29, 1.82) is 0 Å². The van der Waals surface area contributed by atoms with Crippen molar-refractivity contribution in [2.75, 3.05) is 6.61 Å². The first-order chi connectivity index (χ1) is 7.70. The minimum absolute atomic E-state index is 0.0271. The molecule has 1 heterocycles. The lowest BCUT2D eigenvalue weighted by Gasteiger charge is -2.05. The lowest BCUT2D eigenvalue weighted by Crippen LogP contribution is -1.94. The Morgan fingerprint density at radius 3 is 2.88 bits per heavy atom. The summed E-state index contributed by atoms with van der Waals surface area (Å²) >= 11 is 0. The number of ether oxygens (including phenoxy) is 1. The van der Waals surface area contributed by atoms with Crippen LogP contribution in [0.4, 0.5) is 0 Å². The highest BCUT2D eigenvalue weighted by Crippen LogP contribution is 2.24. The van der Waals surface area contributed by atoms with E-state index >= 15 is 0 Å². The predicted octanol–water partition coefficient (Wildman–Crippen LogP) is 2.19. The molecule has 1 N–H and O–H groups in total. The second kappa shape index (κ2) is 4.26. The first kappa shape index (κ1) is 10.5. The van der Waals surface area contributed by atoms with Crippen molar-refractivity contribution >= 4 is 0 Å². The van der Waals surface area contributed by atoms with Crippen LogP contribution in [0, 0.1) is 0 Å². The van der Waals surface area contributed by atoms with Crippen molar-refractivity contribution in [2.45, 2.75) is 6.92 Å². The number of hydrogen-bond acceptors (Lipinski definition) is 3. The molecular weight excluding hydrogens is 204 g/mol. The molecule has 0 spiro atoms. The summed E-state index contributed by atoms with van der Waals surface area (Å²) in [6, 6.07) is 7.65. The molecular formula is C12H14N2O2. The Hall–Kier alpha value is -1.97. The standard InChI is InChI=1S/C12H14N2O2/c1-3-16-10-6-4-5-9(7-10)12-13-11(15)8-14(12)2/h4-8,15H,3H2,1-2H3. The molecule has 1 aromatic carbocycles. The van der Waals surface area contributed by atoms with E-state index in [0.29, 0.717) is 6.61 Å². The third-order valence-electron chi connectivity index (χ3n) is 2.27. The van der Waals surface area contributed by atoms with E-state index in [4.69, 9.17) is 4.74 Å². The molecule has 2 rings (SSSR count). The fourth-order valence-corrected chi connectivity index (χ4v) is 1.61. The number of aromatic hydroxyl groups is 1. The van der Waals surface area contributed by atoms with Crippen LogP contribution in [0.25, 0.3) is 11.4 Å². The Kier molecular flexibility index (Phi) is 2.81. The van der Waals surface area contributed by atoms with Crippen LogP contribution in [-0.2, 0) is 7.05 Å². The van der Waals surface area contributed by atoms with E-state index in [-0.39, 0.29) is 5.88 Å². The zero-order chi connectivity index (χ0) is 11.5. The van der Waals surface area contributed by atoms with Crippen LogP contribution >= 0.6 is 0 Å². The van der Waals surface area contributed by atoms with E-state index in [1.165, 1.54) is 0 Å². The Morgan fingerprint density at radius 2 is 2.25 bits per heavy atom. The van der Waals surface area contributed by atoms with Crippen molar-refractivity contribution < 1.29 is 9.84 Å². The summed E-state index contributed by atoms with van der Waals surface area (Å²) in [4.78, 5) is 4.04. The molecule has 0 aliphatic heterocycles. The smallest absolute Gasteiger partial charge is 0.229 e. The number of aryl methyl sites for hydroxylation is 1. The minimum Gasteiger partial charge on any atom is -0.494 e. The lowest BCUT2D eigenvalue weighted by atomic mass is 10.2. The second-order valence-corrected chi connectivity index (χ2v) is 3.49. The molecule has 0 bridgehead atoms. The number of hydrogen-bond donors (Lipinski definition) is 1. The zero-order valence-electron chi connectivity index (χ0n) is 9.34. The minimum atomic E-state index is 0.0271. The Labute approximate surface area is 94.1 Å². The summed E-state index contributed by atoms with van der Waals surface area (Å²) in [6.45, 7) is 2.58. The average Bonchev–Trinajstić information content (AvgIpc) is 2.59. The molecule has 16 heavy (non-hydrogen) atoms. The van der Waals surface area contributed by atoms with Crippen LogP contribution in [0.2, 0.25) is 0 Å². The highest BCUT2D eigenvalue weighted by molar-refractivity contribution is 5.58. The van der Waals surface area contributed by atoms with E-state index < -0.39 is 0 Å². The van der Waals surface area contributed by atoms with E-state index in [1.807, 2.05) is 38.2 Å². The summed E-state index contributed by atoms with van der Waals surface area (Å²) in [5.41, 5.74) is 0.925. The fourth-order valence-electron chi connectivity index (χ4n) is 1.61. The third-order valence-corrected chi connectivity index (χ3v) is 2.27. The molecule has 0 unspecified atom stereocenters. The molecule has 0 fully saturated rings. The molecule has 4 nitrogen and oxygen atoms in total. The molecule has 0 saturated carbocycles. The quantitative estimate of drug-likeness (QED) is 0.859. The van der Waals surface area contributed by atoms with E-state index in [9.17, 15) is 5.11 Å². The molecule has 2 aromatic rings. The molecule has 0 radical (unpaired) electrons. The number of imidazole rings is 1. The predicted molar refractivity (Wildman–Crippen MR) is 61.5 cm³/mol. The van der Waals surface area contributed by atoms with Gasteiger partial charge in [0, 0.05) is 12.6 Å². The van der Waals surface area contributed by atoms with Crippen molar-refractivity contribution in [2.24, 2.45) is 7.05 Å². The van der Waals surface area contributed by atoms with Crippen molar-refractivity contribution in [3.8, 4) is 23.0 Å². The van der Waals surface area contributed by atoms with Crippen LogP contribution < -0.4 is 4.74 Å². The average molecular weight is 218 g/mol. The third kappa shape index (κ3) is 2.00. The van der Waals surface area contributed by atoms with Crippen LogP contribution in [0.3, 0.4) is 0 Å². The number of benzene rings is 1. The van der Waals surface area contributed by atoms with Gasteiger partial charge in [0.25, 0.3) is 0 Å². The SMILES string of the molecule is CCOc1cccc(-c2nc(O)cn2C)c1. The molecule has 1 aromatic heterocycles. The Balaban J connectivity index is 2.40. The molecule has 0 aliphatic carbocycles. The maximum atomic E-state index is 9.30. The molecule has 4 heteroatoms. The van der Waals surface area contributed by atoms with Gasteiger partial charge >= 0.3 is 0 Å². The molecule has 0 amide bonds. The van der Waals surface area contributed by atoms with Crippen molar-refractivity contribution in [3.05, 3.63) is 30.5 Å². The van der Waals surface area contributed by atoms with Gasteiger partial charge in [0.15, 0.2) is 0 Å². The van der Waals surface area contributed by atoms with Gasteiger partial charge in [0.1, 0.15) is 11.6 Å². The van der Waals surface area contributed by atoms with Crippen LogP contribution in [-0.4, -0.2) is 21.3 Å². The van der Waals surface area contributed by atoms with E-state index in [2.05, 4.69) is 4.98 Å². The highest BCUT2D eigenvalue weighted by Gasteiger charge is 2.07. The van der Waals surface area contributed by atoms with Gasteiger partial charge < -0.3 is 14.4 Å². The summed E-state index contributed by atoms with van der Waals surface area (Å²) < 4.78 is 7.19. The largest absolute Gasteiger partial charge is 0.494 e. The van der Waals surface area contributed by atoms with Gasteiger partial charge in [-0.1, -0.05) is 12.1 Å². The van der Waals surface area contributed by atoms with Crippen LogP contribution in [0.15, 0.2) is 30.5 Å². The van der Waals surface area contributed by atoms with Gasteiger partial charge in [-0.05, 0) is 19.1 Å². The Morgan fingerprint density at radius 1 is 1.44 bits per heavy atom. The number of aromatic nitrogens is 2. The lowest BCUT2D eigenvalue weighted by molar-refractivity contribution is 0.340. The van der Waals surface area contributed by atoms with Crippen LogP contribution in [0.1, 0.15) is 6.92 Å². The zero-order valence-corrected chi connectivity index (χ0v) is 9.34. The number of rotatable bonds is 3. The second-order valence-electron chi connectivity index (χ2n) is 3.49. The van der Waals surface area contributed by atoms with E-state index in [0.717, 1.165) is 17.1 Å². The molecule has 0 aliphatic rings. The highest BCUT2D eigenvalue weighted by atomic mass is 16.5. The molecule has 0 atom stereocenters. The molecule has 0 saturated heterocycles. The van der Waals surface area contributed by atoms with Gasteiger partial charge in [0.2, 0.25) is 5.88 Å². The fraction of sp³-hybridized carbons (Fsp3) is 0.250. The summed E-state index contributed by atoms with van der Waals surface area (Å²) in [6.07, 6.45) is 1.57. The maximum absolute atomic E-state index is 9.30. The molecule has 84 valence electrons. The monoisotopic (exact) mass is 218 g/mol. The van der Waals surface area contributed by atoms with Gasteiger partial charge in [-0.15, -0.1) is 0 Å².